The first kappa shape index (κ1) is 12.4. The summed E-state index contributed by atoms with van der Waals surface area (Å²) in [7, 11) is 0. The highest BCUT2D eigenvalue weighted by Gasteiger charge is 2.27. The van der Waals surface area contributed by atoms with Crippen LogP contribution >= 0.6 is 11.8 Å². The molecule has 100 valence electrons. The molecule has 0 unspecified atom stereocenters. The number of aromatic nitrogens is 5. The lowest BCUT2D eigenvalue weighted by Crippen LogP contribution is -2.12. The van der Waals surface area contributed by atoms with Crippen molar-refractivity contribution < 1.29 is 0 Å². The predicted molar refractivity (Wildman–Crippen MR) is 72.2 cm³/mol. The van der Waals surface area contributed by atoms with Crippen LogP contribution in [0.5, 0.6) is 0 Å². The van der Waals surface area contributed by atoms with Crippen LogP contribution in [0.2, 0.25) is 0 Å². The minimum absolute atomic E-state index is 0.00968. The zero-order valence-electron chi connectivity index (χ0n) is 10.8. The van der Waals surface area contributed by atoms with Crippen LogP contribution in [-0.2, 0) is 0 Å². The lowest BCUT2D eigenvalue weighted by molar-refractivity contribution is 0.872. The molecule has 1 aliphatic carbocycles. The molecule has 1 fully saturated rings. The van der Waals surface area contributed by atoms with Crippen LogP contribution in [0, 0.1) is 6.92 Å². The number of nitrogens with zero attached hydrogens (tertiary/aromatic N) is 3. The van der Waals surface area contributed by atoms with Crippen molar-refractivity contribution in [2.24, 2.45) is 0 Å². The van der Waals surface area contributed by atoms with Gasteiger partial charge in [-0.15, -0.1) is 5.10 Å². The molecule has 2 aromatic rings. The maximum atomic E-state index is 11.4. The molecular weight excluding hydrogens is 262 g/mol. The van der Waals surface area contributed by atoms with Gasteiger partial charge in [-0.05, 0) is 26.7 Å². The SMILES string of the molecule is Cc1cc(=O)[nH]c([C@@H](C)Sc2n[nH]c(C3CC3)n2)n1. The first-order chi connectivity index (χ1) is 9.11. The van der Waals surface area contributed by atoms with E-state index in [-0.39, 0.29) is 10.8 Å². The maximum Gasteiger partial charge on any atom is 0.251 e. The number of H-pyrrole nitrogens is 2. The summed E-state index contributed by atoms with van der Waals surface area (Å²) < 4.78 is 0. The Morgan fingerprint density at radius 3 is 2.89 bits per heavy atom. The Morgan fingerprint density at radius 1 is 1.42 bits per heavy atom. The first-order valence-electron chi connectivity index (χ1n) is 6.28. The molecule has 0 saturated heterocycles. The van der Waals surface area contributed by atoms with Gasteiger partial charge in [-0.2, -0.15) is 0 Å². The zero-order chi connectivity index (χ0) is 13.4. The van der Waals surface area contributed by atoms with Crippen molar-refractivity contribution in [2.45, 2.75) is 43.0 Å². The van der Waals surface area contributed by atoms with Gasteiger partial charge in [0.2, 0.25) is 5.16 Å². The molecule has 0 aromatic carbocycles. The highest BCUT2D eigenvalue weighted by molar-refractivity contribution is 7.99. The molecule has 0 spiro atoms. The zero-order valence-corrected chi connectivity index (χ0v) is 11.6. The molecule has 6 nitrogen and oxygen atoms in total. The second-order valence-corrected chi connectivity index (χ2v) is 6.12. The third-order valence-corrected chi connectivity index (χ3v) is 3.97. The fourth-order valence-corrected chi connectivity index (χ4v) is 2.65. The summed E-state index contributed by atoms with van der Waals surface area (Å²) in [6.07, 6.45) is 2.39. The highest BCUT2D eigenvalue weighted by Crippen LogP contribution is 2.39. The average Bonchev–Trinajstić information content (AvgIpc) is 3.09. The van der Waals surface area contributed by atoms with Gasteiger partial charge in [0.1, 0.15) is 11.6 Å². The van der Waals surface area contributed by atoms with Gasteiger partial charge in [0.15, 0.2) is 0 Å². The van der Waals surface area contributed by atoms with Crippen LogP contribution in [-0.4, -0.2) is 25.1 Å². The molecule has 2 N–H and O–H groups in total. The Labute approximate surface area is 114 Å². The van der Waals surface area contributed by atoms with Gasteiger partial charge in [-0.1, -0.05) is 11.8 Å². The maximum absolute atomic E-state index is 11.4. The average molecular weight is 277 g/mol. The van der Waals surface area contributed by atoms with Crippen molar-refractivity contribution in [3.8, 4) is 0 Å². The molecule has 0 bridgehead atoms. The first-order valence-corrected chi connectivity index (χ1v) is 7.16. The largest absolute Gasteiger partial charge is 0.310 e. The third kappa shape index (κ3) is 2.86. The van der Waals surface area contributed by atoms with Crippen molar-refractivity contribution in [2.75, 3.05) is 0 Å². The highest BCUT2D eigenvalue weighted by atomic mass is 32.2. The quantitative estimate of drug-likeness (QED) is 0.834. The number of aryl methyl sites for hydroxylation is 1. The predicted octanol–water partition coefficient (Wildman–Crippen LogP) is 1.93. The second-order valence-electron chi connectivity index (χ2n) is 4.81. The van der Waals surface area contributed by atoms with Gasteiger partial charge in [0.05, 0.1) is 5.25 Å². The second kappa shape index (κ2) is 4.80. The number of hydrogen-bond donors (Lipinski definition) is 2. The lowest BCUT2D eigenvalue weighted by atomic mass is 10.4. The minimum atomic E-state index is -0.122. The van der Waals surface area contributed by atoms with E-state index in [9.17, 15) is 4.79 Å². The molecule has 7 heteroatoms. The third-order valence-electron chi connectivity index (χ3n) is 3.00. The molecular formula is C12H15N5OS. The van der Waals surface area contributed by atoms with Crippen LogP contribution < -0.4 is 5.56 Å². The van der Waals surface area contributed by atoms with Crippen molar-refractivity contribution in [1.82, 2.24) is 25.1 Å². The van der Waals surface area contributed by atoms with Gasteiger partial charge in [0, 0.05) is 17.7 Å². The van der Waals surface area contributed by atoms with Crippen molar-refractivity contribution in [1.29, 1.82) is 0 Å². The van der Waals surface area contributed by atoms with Crippen molar-refractivity contribution >= 4 is 11.8 Å². The fraction of sp³-hybridized carbons (Fsp3) is 0.500. The fourth-order valence-electron chi connectivity index (χ4n) is 1.86. The molecule has 1 atom stereocenters. The topological polar surface area (TPSA) is 87.3 Å². The van der Waals surface area contributed by atoms with E-state index in [2.05, 4.69) is 25.1 Å². The van der Waals surface area contributed by atoms with Crippen LogP contribution in [0.15, 0.2) is 16.0 Å². The van der Waals surface area contributed by atoms with Crippen molar-refractivity contribution in [3.05, 3.63) is 33.8 Å². The van der Waals surface area contributed by atoms with Gasteiger partial charge in [-0.3, -0.25) is 9.89 Å². The molecule has 0 radical (unpaired) electrons. The molecule has 0 aliphatic heterocycles. The summed E-state index contributed by atoms with van der Waals surface area (Å²) >= 11 is 1.49. The summed E-state index contributed by atoms with van der Waals surface area (Å²) in [5.41, 5.74) is 0.600. The summed E-state index contributed by atoms with van der Waals surface area (Å²) in [5, 5.41) is 7.88. The summed E-state index contributed by atoms with van der Waals surface area (Å²) in [6.45, 7) is 3.80. The van der Waals surface area contributed by atoms with E-state index in [0.717, 1.165) is 11.5 Å². The number of hydrogen-bond acceptors (Lipinski definition) is 5. The van der Waals surface area contributed by atoms with Gasteiger partial charge < -0.3 is 4.98 Å². The van der Waals surface area contributed by atoms with E-state index in [0.29, 0.717) is 16.9 Å². The van der Waals surface area contributed by atoms with Crippen LogP contribution in [0.1, 0.15) is 48.3 Å². The van der Waals surface area contributed by atoms with Crippen LogP contribution in [0.3, 0.4) is 0 Å². The van der Waals surface area contributed by atoms with E-state index in [1.54, 1.807) is 0 Å². The van der Waals surface area contributed by atoms with Crippen LogP contribution in [0.4, 0.5) is 0 Å². The molecule has 1 saturated carbocycles. The van der Waals surface area contributed by atoms with Gasteiger partial charge in [-0.25, -0.2) is 9.97 Å². The standard InChI is InChI=1S/C12H15N5OS/c1-6-5-9(18)14-10(13-6)7(2)19-12-15-11(16-17-12)8-3-4-8/h5,7-8H,3-4H2,1-2H3,(H,13,14,18)(H,15,16,17)/t7-/m1/s1. The molecule has 2 heterocycles. The molecule has 3 rings (SSSR count). The Morgan fingerprint density at radius 2 is 2.21 bits per heavy atom. The van der Waals surface area contributed by atoms with Crippen LogP contribution in [0.25, 0.3) is 0 Å². The van der Waals surface area contributed by atoms with Crippen molar-refractivity contribution in [3.63, 3.8) is 0 Å². The Hall–Kier alpha value is -1.63. The summed E-state index contributed by atoms with van der Waals surface area (Å²) in [4.78, 5) is 23.0. The van der Waals surface area contributed by atoms with E-state index < -0.39 is 0 Å². The van der Waals surface area contributed by atoms with Gasteiger partial charge >= 0.3 is 0 Å². The van der Waals surface area contributed by atoms with Gasteiger partial charge in [0.25, 0.3) is 5.56 Å². The molecule has 1 aliphatic rings. The van der Waals surface area contributed by atoms with E-state index in [4.69, 9.17) is 0 Å². The Bertz CT molecular complexity index is 646. The summed E-state index contributed by atoms with van der Waals surface area (Å²) in [5.74, 6) is 2.20. The molecule has 0 amide bonds. The number of thioether (sulfide) groups is 1. The normalized spacial score (nSPS) is 16.5. The minimum Gasteiger partial charge on any atom is -0.310 e. The Kier molecular flexibility index (Phi) is 3.14. The molecule has 19 heavy (non-hydrogen) atoms. The Balaban J connectivity index is 1.75. The van der Waals surface area contributed by atoms with E-state index in [1.165, 1.54) is 30.7 Å². The summed E-state index contributed by atoms with van der Waals surface area (Å²) in [6, 6.07) is 1.49. The lowest BCUT2D eigenvalue weighted by Gasteiger charge is -2.07. The number of aromatic amines is 2. The number of rotatable bonds is 4. The van der Waals surface area contributed by atoms with E-state index >= 15 is 0 Å². The van der Waals surface area contributed by atoms with E-state index in [1.807, 2.05) is 13.8 Å². The monoisotopic (exact) mass is 277 g/mol. The molecule has 2 aromatic heterocycles. The number of nitrogens with one attached hydrogen (secondary N) is 2. The smallest absolute Gasteiger partial charge is 0.251 e.